The first kappa shape index (κ1) is 19.5. The first-order valence-electron chi connectivity index (χ1n) is 9.70. The first-order chi connectivity index (χ1) is 12.4. The van der Waals surface area contributed by atoms with E-state index in [1.165, 1.54) is 0 Å². The second-order valence-electron chi connectivity index (χ2n) is 7.69. The Kier molecular flexibility index (Phi) is 6.45. The van der Waals surface area contributed by atoms with Crippen LogP contribution in [0.4, 0.5) is 8.78 Å². The summed E-state index contributed by atoms with van der Waals surface area (Å²) in [7, 11) is 0. The van der Waals surface area contributed by atoms with E-state index in [-0.39, 0.29) is 56.3 Å². The van der Waals surface area contributed by atoms with Gasteiger partial charge in [0.05, 0.1) is 18.6 Å². The molecule has 6 nitrogen and oxygen atoms in total. The van der Waals surface area contributed by atoms with Crippen molar-refractivity contribution in [2.75, 3.05) is 45.9 Å². The number of hydrogen-bond acceptors (Lipinski definition) is 4. The van der Waals surface area contributed by atoms with Gasteiger partial charge < -0.3 is 15.0 Å². The molecule has 0 aromatic carbocycles. The molecule has 8 heteroatoms. The summed E-state index contributed by atoms with van der Waals surface area (Å²) < 4.78 is 32.0. The molecule has 0 spiro atoms. The fraction of sp³-hybridized carbons (Fsp3) is 0.889. The van der Waals surface area contributed by atoms with Crippen LogP contribution in [-0.2, 0) is 14.3 Å². The molecular formula is C18H29F2N3O3. The maximum absolute atomic E-state index is 13.3. The van der Waals surface area contributed by atoms with E-state index in [9.17, 15) is 18.4 Å². The standard InChI is InChI=1S/C18H29F2N3O3/c19-18(20)5-8-23(9-6-18)17(25)14-3-1-7-22(12-14)13-16(24)21-11-15-4-2-10-26-15/h14-15H,1-13H2,(H,21,24). The van der Waals surface area contributed by atoms with Crippen LogP contribution in [-0.4, -0.2) is 79.5 Å². The number of hydrogen-bond donors (Lipinski definition) is 1. The van der Waals surface area contributed by atoms with Crippen molar-refractivity contribution in [3.63, 3.8) is 0 Å². The number of rotatable bonds is 5. The van der Waals surface area contributed by atoms with Crippen LogP contribution >= 0.6 is 0 Å². The first-order valence-corrected chi connectivity index (χ1v) is 9.70. The molecule has 3 aliphatic rings. The Labute approximate surface area is 153 Å². The second-order valence-corrected chi connectivity index (χ2v) is 7.69. The molecule has 0 radical (unpaired) electrons. The fourth-order valence-corrected chi connectivity index (χ4v) is 4.01. The number of nitrogens with zero attached hydrogens (tertiary/aromatic N) is 2. The number of piperidine rings is 2. The maximum Gasteiger partial charge on any atom is 0.251 e. The molecule has 0 bridgehead atoms. The summed E-state index contributed by atoms with van der Waals surface area (Å²) in [5, 5.41) is 2.90. The summed E-state index contributed by atoms with van der Waals surface area (Å²) >= 11 is 0. The molecule has 2 unspecified atom stereocenters. The lowest BCUT2D eigenvalue weighted by Crippen LogP contribution is -2.50. The summed E-state index contributed by atoms with van der Waals surface area (Å²) in [5.41, 5.74) is 0. The van der Waals surface area contributed by atoms with E-state index in [0.717, 1.165) is 38.8 Å². The Hall–Kier alpha value is -1.28. The smallest absolute Gasteiger partial charge is 0.251 e. The third kappa shape index (κ3) is 5.36. The van der Waals surface area contributed by atoms with E-state index in [2.05, 4.69) is 5.32 Å². The number of alkyl halides is 2. The van der Waals surface area contributed by atoms with Gasteiger partial charge in [0, 0.05) is 45.6 Å². The van der Waals surface area contributed by atoms with Crippen molar-refractivity contribution >= 4 is 11.8 Å². The third-order valence-electron chi connectivity index (χ3n) is 5.58. The molecular weight excluding hydrogens is 344 g/mol. The molecule has 1 N–H and O–H groups in total. The van der Waals surface area contributed by atoms with Gasteiger partial charge in [0.1, 0.15) is 0 Å². The topological polar surface area (TPSA) is 61.9 Å². The van der Waals surface area contributed by atoms with Gasteiger partial charge >= 0.3 is 0 Å². The minimum absolute atomic E-state index is 0.0371. The molecule has 2 amide bonds. The highest BCUT2D eigenvalue weighted by Crippen LogP contribution is 2.29. The van der Waals surface area contributed by atoms with Crippen molar-refractivity contribution in [1.29, 1.82) is 0 Å². The summed E-state index contributed by atoms with van der Waals surface area (Å²) in [6, 6.07) is 0. The highest BCUT2D eigenvalue weighted by atomic mass is 19.3. The van der Waals surface area contributed by atoms with Gasteiger partial charge in [-0.3, -0.25) is 14.5 Å². The molecule has 3 heterocycles. The number of likely N-dealkylation sites (tertiary alicyclic amines) is 2. The summed E-state index contributed by atoms with van der Waals surface area (Å²) in [6.07, 6.45) is 3.25. The van der Waals surface area contributed by atoms with E-state index in [0.29, 0.717) is 13.1 Å². The van der Waals surface area contributed by atoms with Crippen molar-refractivity contribution in [1.82, 2.24) is 15.1 Å². The van der Waals surface area contributed by atoms with E-state index in [4.69, 9.17) is 4.74 Å². The van der Waals surface area contributed by atoms with Crippen LogP contribution in [0.1, 0.15) is 38.5 Å². The zero-order valence-electron chi connectivity index (χ0n) is 15.2. The molecule has 2 atom stereocenters. The number of carbonyl (C=O) groups excluding carboxylic acids is 2. The van der Waals surface area contributed by atoms with Crippen LogP contribution < -0.4 is 5.32 Å². The highest BCUT2D eigenvalue weighted by Gasteiger charge is 2.38. The Balaban J connectivity index is 1.41. The molecule has 148 valence electrons. The van der Waals surface area contributed by atoms with Crippen molar-refractivity contribution in [2.45, 2.75) is 50.6 Å². The molecule has 0 aromatic heterocycles. The van der Waals surface area contributed by atoms with Gasteiger partial charge in [-0.1, -0.05) is 0 Å². The van der Waals surface area contributed by atoms with Gasteiger partial charge in [-0.05, 0) is 32.2 Å². The minimum atomic E-state index is -2.64. The van der Waals surface area contributed by atoms with Crippen LogP contribution in [0.5, 0.6) is 0 Å². The van der Waals surface area contributed by atoms with Crippen LogP contribution in [0, 0.1) is 5.92 Å². The van der Waals surface area contributed by atoms with E-state index >= 15 is 0 Å². The lowest BCUT2D eigenvalue weighted by Gasteiger charge is -2.37. The molecule has 3 rings (SSSR count). The molecule has 0 aliphatic carbocycles. The van der Waals surface area contributed by atoms with Crippen molar-refractivity contribution in [2.24, 2.45) is 5.92 Å². The third-order valence-corrected chi connectivity index (χ3v) is 5.58. The number of carbonyl (C=O) groups is 2. The zero-order chi connectivity index (χ0) is 18.6. The molecule has 3 fully saturated rings. The molecule has 3 saturated heterocycles. The molecule has 3 aliphatic heterocycles. The van der Waals surface area contributed by atoms with E-state index < -0.39 is 5.92 Å². The van der Waals surface area contributed by atoms with Gasteiger partial charge in [-0.15, -0.1) is 0 Å². The van der Waals surface area contributed by atoms with Gasteiger partial charge in [-0.2, -0.15) is 0 Å². The lowest BCUT2D eigenvalue weighted by atomic mass is 9.95. The monoisotopic (exact) mass is 373 g/mol. The number of nitrogens with one attached hydrogen (secondary N) is 1. The van der Waals surface area contributed by atoms with Gasteiger partial charge in [0.15, 0.2) is 0 Å². The predicted octanol–water partition coefficient (Wildman–Crippen LogP) is 1.25. The van der Waals surface area contributed by atoms with E-state index in [1.807, 2.05) is 4.90 Å². The van der Waals surface area contributed by atoms with Gasteiger partial charge in [0.2, 0.25) is 11.8 Å². The number of halogens is 2. The molecule has 26 heavy (non-hydrogen) atoms. The van der Waals surface area contributed by atoms with E-state index in [1.54, 1.807) is 4.90 Å². The Morgan fingerprint density at radius 1 is 1.12 bits per heavy atom. The minimum Gasteiger partial charge on any atom is -0.376 e. The second kappa shape index (κ2) is 8.61. The lowest BCUT2D eigenvalue weighted by molar-refractivity contribution is -0.144. The average molecular weight is 373 g/mol. The largest absolute Gasteiger partial charge is 0.376 e. The van der Waals surface area contributed by atoms with Crippen molar-refractivity contribution < 1.29 is 23.1 Å². The summed E-state index contributed by atoms with van der Waals surface area (Å²) in [6.45, 7) is 3.15. The van der Waals surface area contributed by atoms with Crippen molar-refractivity contribution in [3.05, 3.63) is 0 Å². The molecule has 0 aromatic rings. The van der Waals surface area contributed by atoms with Crippen LogP contribution in [0.3, 0.4) is 0 Å². The Morgan fingerprint density at radius 2 is 1.88 bits per heavy atom. The zero-order valence-corrected chi connectivity index (χ0v) is 15.2. The Morgan fingerprint density at radius 3 is 2.58 bits per heavy atom. The quantitative estimate of drug-likeness (QED) is 0.788. The van der Waals surface area contributed by atoms with Crippen molar-refractivity contribution in [3.8, 4) is 0 Å². The predicted molar refractivity (Wildman–Crippen MR) is 91.9 cm³/mol. The highest BCUT2D eigenvalue weighted by molar-refractivity contribution is 5.80. The SMILES string of the molecule is O=C(CN1CCCC(C(=O)N2CCC(F)(F)CC2)C1)NCC1CCCO1. The number of ether oxygens (including phenoxy) is 1. The number of amides is 2. The fourth-order valence-electron chi connectivity index (χ4n) is 4.01. The normalized spacial score (nSPS) is 29.5. The Bertz CT molecular complexity index is 502. The van der Waals surface area contributed by atoms with Crippen LogP contribution in [0.15, 0.2) is 0 Å². The maximum atomic E-state index is 13.3. The molecule has 0 saturated carbocycles. The van der Waals surface area contributed by atoms with Crippen LogP contribution in [0.25, 0.3) is 0 Å². The van der Waals surface area contributed by atoms with Gasteiger partial charge in [0.25, 0.3) is 5.92 Å². The average Bonchev–Trinajstić information content (AvgIpc) is 3.13. The van der Waals surface area contributed by atoms with Crippen LogP contribution in [0.2, 0.25) is 0 Å². The van der Waals surface area contributed by atoms with Gasteiger partial charge in [-0.25, -0.2) is 8.78 Å². The summed E-state index contributed by atoms with van der Waals surface area (Å²) in [5.74, 6) is -2.92. The summed E-state index contributed by atoms with van der Waals surface area (Å²) in [4.78, 5) is 28.3.